The van der Waals surface area contributed by atoms with E-state index in [9.17, 15) is 14.4 Å². The zero-order chi connectivity index (χ0) is 19.2. The highest BCUT2D eigenvalue weighted by Gasteiger charge is 2.12. The number of fused-ring (bicyclic) bond motifs is 1. The summed E-state index contributed by atoms with van der Waals surface area (Å²) in [5.74, 6) is -0.628. The Labute approximate surface area is 155 Å². The number of carbonyl (C=O) groups excluding carboxylic acids is 2. The van der Waals surface area contributed by atoms with Crippen LogP contribution in [-0.4, -0.2) is 24.9 Å². The summed E-state index contributed by atoms with van der Waals surface area (Å²) in [4.78, 5) is 35.3. The monoisotopic (exact) mass is 365 g/mol. The average molecular weight is 365 g/mol. The fraction of sp³-hybridized carbons (Fsp3) is 0.150. The number of amides is 2. The Morgan fingerprint density at radius 3 is 2.56 bits per heavy atom. The van der Waals surface area contributed by atoms with Crippen LogP contribution in [0.2, 0.25) is 0 Å². The van der Waals surface area contributed by atoms with Crippen molar-refractivity contribution in [2.45, 2.75) is 6.92 Å². The van der Waals surface area contributed by atoms with Crippen molar-refractivity contribution in [1.29, 1.82) is 0 Å². The molecule has 0 aliphatic heterocycles. The van der Waals surface area contributed by atoms with Gasteiger partial charge in [0.2, 0.25) is 5.91 Å². The maximum Gasteiger partial charge on any atom is 0.349 e. The quantitative estimate of drug-likeness (QED) is 0.460. The molecule has 0 unspecified atom stereocenters. The van der Waals surface area contributed by atoms with E-state index >= 15 is 0 Å². The van der Waals surface area contributed by atoms with Crippen LogP contribution in [0.5, 0.6) is 0 Å². The zero-order valence-corrected chi connectivity index (χ0v) is 14.7. The molecule has 7 heteroatoms. The van der Waals surface area contributed by atoms with Crippen LogP contribution in [0, 0.1) is 0 Å². The molecular formula is C20H19N3O4. The molecule has 0 atom stereocenters. The Bertz CT molecular complexity index is 1040. The number of hydrogen-bond acceptors (Lipinski definition) is 5. The van der Waals surface area contributed by atoms with Crippen LogP contribution in [0.25, 0.3) is 11.0 Å². The van der Waals surface area contributed by atoms with E-state index in [2.05, 4.69) is 16.0 Å². The van der Waals surface area contributed by atoms with Crippen molar-refractivity contribution in [3.63, 3.8) is 0 Å². The summed E-state index contributed by atoms with van der Waals surface area (Å²) in [6, 6.07) is 15.8. The summed E-state index contributed by atoms with van der Waals surface area (Å²) in [5, 5.41) is 9.22. The van der Waals surface area contributed by atoms with Gasteiger partial charge in [-0.25, -0.2) is 4.79 Å². The molecule has 0 spiro atoms. The molecular weight excluding hydrogens is 346 g/mol. The van der Waals surface area contributed by atoms with E-state index in [-0.39, 0.29) is 11.5 Å². The van der Waals surface area contributed by atoms with Gasteiger partial charge in [-0.1, -0.05) is 24.3 Å². The summed E-state index contributed by atoms with van der Waals surface area (Å²) in [6.45, 7) is 2.21. The molecule has 0 bridgehead atoms. The van der Waals surface area contributed by atoms with Crippen molar-refractivity contribution in [2.75, 3.05) is 23.7 Å². The second-order valence-electron chi connectivity index (χ2n) is 5.93. The van der Waals surface area contributed by atoms with Crippen LogP contribution in [-0.2, 0) is 4.79 Å². The maximum absolute atomic E-state index is 12.2. The van der Waals surface area contributed by atoms with Crippen molar-refractivity contribution in [2.24, 2.45) is 0 Å². The van der Waals surface area contributed by atoms with Gasteiger partial charge in [-0.3, -0.25) is 9.59 Å². The molecule has 0 saturated heterocycles. The minimum Gasteiger partial charge on any atom is -0.422 e. The zero-order valence-electron chi connectivity index (χ0n) is 14.7. The summed E-state index contributed by atoms with van der Waals surface area (Å²) < 4.78 is 5.17. The van der Waals surface area contributed by atoms with Crippen molar-refractivity contribution in [3.05, 3.63) is 70.6 Å². The molecule has 2 aromatic carbocycles. The van der Waals surface area contributed by atoms with Crippen LogP contribution in [0.3, 0.4) is 0 Å². The van der Waals surface area contributed by atoms with Gasteiger partial charge < -0.3 is 20.4 Å². The first-order valence-electron chi connectivity index (χ1n) is 8.45. The maximum atomic E-state index is 12.2. The predicted octanol–water partition coefficient (Wildman–Crippen LogP) is 2.59. The lowest BCUT2D eigenvalue weighted by Gasteiger charge is -2.09. The molecule has 0 aliphatic carbocycles. The fourth-order valence-corrected chi connectivity index (χ4v) is 2.61. The molecule has 7 nitrogen and oxygen atoms in total. The molecule has 27 heavy (non-hydrogen) atoms. The molecule has 0 aliphatic rings. The highest BCUT2D eigenvalue weighted by atomic mass is 16.4. The number of para-hydroxylation sites is 1. The van der Waals surface area contributed by atoms with E-state index in [4.69, 9.17) is 4.42 Å². The van der Waals surface area contributed by atoms with Gasteiger partial charge in [0, 0.05) is 36.8 Å². The van der Waals surface area contributed by atoms with Gasteiger partial charge >= 0.3 is 5.63 Å². The van der Waals surface area contributed by atoms with Crippen LogP contribution < -0.4 is 21.6 Å². The van der Waals surface area contributed by atoms with E-state index in [0.29, 0.717) is 29.7 Å². The fourth-order valence-electron chi connectivity index (χ4n) is 2.61. The predicted molar refractivity (Wildman–Crippen MR) is 104 cm³/mol. The first-order valence-corrected chi connectivity index (χ1v) is 8.45. The Kier molecular flexibility index (Phi) is 5.51. The Morgan fingerprint density at radius 1 is 0.963 bits per heavy atom. The van der Waals surface area contributed by atoms with Gasteiger partial charge in [0.1, 0.15) is 11.1 Å². The topological polar surface area (TPSA) is 100 Å². The lowest BCUT2D eigenvalue weighted by molar-refractivity contribution is -0.114. The van der Waals surface area contributed by atoms with E-state index in [1.54, 1.807) is 30.3 Å². The molecule has 138 valence electrons. The molecule has 2 amide bonds. The Hall–Kier alpha value is -3.61. The molecule has 3 rings (SSSR count). The lowest BCUT2D eigenvalue weighted by Crippen LogP contribution is -2.32. The summed E-state index contributed by atoms with van der Waals surface area (Å²) in [5.41, 5.74) is 1.24. The molecule has 0 fully saturated rings. The van der Waals surface area contributed by atoms with Crippen molar-refractivity contribution in [1.82, 2.24) is 5.32 Å². The standard InChI is InChI=1S/C20H19N3O4/c1-13(24)23-16-7-4-6-15(12-16)21-9-10-22-19(25)17-11-14-5-2-3-8-18(14)27-20(17)26/h2-8,11-12,21H,9-10H2,1H3,(H,22,25)(H,23,24). The van der Waals surface area contributed by atoms with E-state index in [0.717, 1.165) is 5.69 Å². The first-order chi connectivity index (χ1) is 13.0. The third-order valence-corrected chi connectivity index (χ3v) is 3.81. The van der Waals surface area contributed by atoms with E-state index in [1.807, 2.05) is 18.2 Å². The summed E-state index contributed by atoms with van der Waals surface area (Å²) >= 11 is 0. The van der Waals surface area contributed by atoms with Crippen molar-refractivity contribution in [3.8, 4) is 0 Å². The van der Waals surface area contributed by atoms with E-state index in [1.165, 1.54) is 13.0 Å². The van der Waals surface area contributed by atoms with Crippen LogP contribution in [0.15, 0.2) is 63.8 Å². The second kappa shape index (κ2) is 8.18. The largest absolute Gasteiger partial charge is 0.422 e. The third-order valence-electron chi connectivity index (χ3n) is 3.81. The third kappa shape index (κ3) is 4.72. The normalized spacial score (nSPS) is 10.4. The molecule has 3 aromatic rings. The molecule has 1 heterocycles. The number of benzene rings is 2. The minimum absolute atomic E-state index is 0.0265. The highest BCUT2D eigenvalue weighted by Crippen LogP contribution is 2.15. The van der Waals surface area contributed by atoms with Crippen LogP contribution in [0.1, 0.15) is 17.3 Å². The Balaban J connectivity index is 1.56. The van der Waals surface area contributed by atoms with Gasteiger partial charge in [0.05, 0.1) is 0 Å². The summed E-state index contributed by atoms with van der Waals surface area (Å²) in [7, 11) is 0. The average Bonchev–Trinajstić information content (AvgIpc) is 2.64. The minimum atomic E-state index is -0.665. The van der Waals surface area contributed by atoms with Gasteiger partial charge in [-0.15, -0.1) is 0 Å². The van der Waals surface area contributed by atoms with Crippen LogP contribution in [0.4, 0.5) is 11.4 Å². The van der Waals surface area contributed by atoms with Gasteiger partial charge in [-0.2, -0.15) is 0 Å². The second-order valence-corrected chi connectivity index (χ2v) is 5.93. The van der Waals surface area contributed by atoms with Gasteiger partial charge in [0.25, 0.3) is 5.91 Å². The van der Waals surface area contributed by atoms with Gasteiger partial charge in [0.15, 0.2) is 0 Å². The SMILES string of the molecule is CC(=O)Nc1cccc(NCCNC(=O)c2cc3ccccc3oc2=O)c1. The van der Waals surface area contributed by atoms with Crippen molar-refractivity contribution >= 4 is 34.2 Å². The molecule has 0 radical (unpaired) electrons. The molecule has 3 N–H and O–H groups in total. The number of carbonyl (C=O) groups is 2. The Morgan fingerprint density at radius 2 is 1.74 bits per heavy atom. The number of anilines is 2. The molecule has 1 aromatic heterocycles. The smallest absolute Gasteiger partial charge is 0.349 e. The number of hydrogen-bond donors (Lipinski definition) is 3. The molecule has 0 saturated carbocycles. The number of rotatable bonds is 6. The van der Waals surface area contributed by atoms with E-state index < -0.39 is 11.5 Å². The van der Waals surface area contributed by atoms with Crippen molar-refractivity contribution < 1.29 is 14.0 Å². The first kappa shape index (κ1) is 18.2. The highest BCUT2D eigenvalue weighted by molar-refractivity contribution is 5.96. The lowest BCUT2D eigenvalue weighted by atomic mass is 10.2. The number of nitrogens with one attached hydrogen (secondary N) is 3. The summed E-state index contributed by atoms with van der Waals surface area (Å²) in [6.07, 6.45) is 0. The van der Waals surface area contributed by atoms with Crippen LogP contribution >= 0.6 is 0 Å². The van der Waals surface area contributed by atoms with Gasteiger partial charge in [-0.05, 0) is 30.3 Å².